The first-order valence-electron chi connectivity index (χ1n) is 8.62. The highest BCUT2D eigenvalue weighted by atomic mass is 16.6. The molecule has 0 radical (unpaired) electrons. The maximum Gasteiger partial charge on any atom is 0.413 e. The van der Waals surface area contributed by atoms with Gasteiger partial charge < -0.3 is 14.6 Å². The van der Waals surface area contributed by atoms with Gasteiger partial charge in [0.25, 0.3) is 0 Å². The second-order valence-corrected chi connectivity index (χ2v) is 6.51. The molecule has 2 fully saturated rings. The Morgan fingerprint density at radius 1 is 1.08 bits per heavy atom. The molecule has 1 N–H and O–H groups in total. The number of carbonyl (C=O) groups excluding carboxylic acids is 1. The fourth-order valence-corrected chi connectivity index (χ4v) is 3.65. The van der Waals surface area contributed by atoms with E-state index in [0.717, 1.165) is 18.4 Å². The molecule has 0 aliphatic carbocycles. The molecule has 130 valence electrons. The van der Waals surface area contributed by atoms with Crippen LogP contribution < -0.4 is 0 Å². The molecule has 0 aromatic heterocycles. The summed E-state index contributed by atoms with van der Waals surface area (Å²) in [6.07, 6.45) is 0.474. The summed E-state index contributed by atoms with van der Waals surface area (Å²) in [4.78, 5) is 14.0. The van der Waals surface area contributed by atoms with Crippen LogP contribution in [0, 0.1) is 0 Å². The minimum Gasteiger partial charge on any atom is -0.436 e. The maximum absolute atomic E-state index is 12.6. The lowest BCUT2D eigenvalue weighted by atomic mass is 9.91. The van der Waals surface area contributed by atoms with E-state index in [2.05, 4.69) is 0 Å². The van der Waals surface area contributed by atoms with E-state index in [-0.39, 0.29) is 6.10 Å². The van der Waals surface area contributed by atoms with Crippen molar-refractivity contribution in [2.45, 2.75) is 30.8 Å². The molecule has 2 aliphatic rings. The van der Waals surface area contributed by atoms with Crippen molar-refractivity contribution in [1.82, 2.24) is 4.90 Å². The number of amides is 1. The molecular weight excluding hydrogens is 318 g/mol. The van der Waals surface area contributed by atoms with Crippen LogP contribution in [-0.2, 0) is 15.2 Å². The van der Waals surface area contributed by atoms with Gasteiger partial charge in [-0.05, 0) is 18.4 Å². The predicted molar refractivity (Wildman–Crippen MR) is 91.7 cm³/mol. The lowest BCUT2D eigenvalue weighted by molar-refractivity contribution is -0.118. The van der Waals surface area contributed by atoms with Crippen molar-refractivity contribution in [1.29, 1.82) is 0 Å². The Morgan fingerprint density at radius 2 is 1.76 bits per heavy atom. The molecule has 2 aliphatic heterocycles. The van der Waals surface area contributed by atoms with E-state index in [1.807, 2.05) is 60.7 Å². The summed E-state index contributed by atoms with van der Waals surface area (Å²) in [5.41, 5.74) is -0.171. The Kier molecular flexibility index (Phi) is 4.19. The van der Waals surface area contributed by atoms with Crippen molar-refractivity contribution >= 4 is 6.09 Å². The average molecular weight is 339 g/mol. The highest BCUT2D eigenvalue weighted by Crippen LogP contribution is 2.46. The van der Waals surface area contributed by atoms with E-state index in [1.54, 1.807) is 0 Å². The molecule has 5 heteroatoms. The minimum atomic E-state index is -1.56. The number of nitrogens with zero attached hydrogens (tertiary/aromatic N) is 1. The topological polar surface area (TPSA) is 59.0 Å². The summed E-state index contributed by atoms with van der Waals surface area (Å²) in [6.45, 7) is 1.01. The molecule has 0 saturated carbocycles. The molecule has 0 unspecified atom stereocenters. The van der Waals surface area contributed by atoms with E-state index >= 15 is 0 Å². The fourth-order valence-electron chi connectivity index (χ4n) is 3.65. The van der Waals surface area contributed by atoms with Crippen LogP contribution in [0.3, 0.4) is 0 Å². The van der Waals surface area contributed by atoms with Crippen LogP contribution in [0.5, 0.6) is 0 Å². The second-order valence-electron chi connectivity index (χ2n) is 6.51. The fraction of sp³-hybridized carbons (Fsp3) is 0.350. The Bertz CT molecular complexity index is 730. The molecule has 0 spiro atoms. The average Bonchev–Trinajstić information content (AvgIpc) is 3.26. The summed E-state index contributed by atoms with van der Waals surface area (Å²) in [5, 5.41) is 11.7. The Balaban J connectivity index is 1.76. The van der Waals surface area contributed by atoms with Crippen LogP contribution in [0.2, 0.25) is 0 Å². The van der Waals surface area contributed by atoms with Crippen LogP contribution in [0.4, 0.5) is 4.79 Å². The van der Waals surface area contributed by atoms with Gasteiger partial charge in [0.1, 0.15) is 0 Å². The third kappa shape index (κ3) is 2.79. The first-order valence-corrected chi connectivity index (χ1v) is 8.62. The SMILES string of the molecule is O=C1O[C@@H](c2ccccc2)[C@@](O)(c2ccccc2)N1C[C@@H]1CCCO1. The predicted octanol–water partition coefficient (Wildman–Crippen LogP) is 3.20. The number of cyclic esters (lactones) is 1. The van der Waals surface area contributed by atoms with Crippen LogP contribution >= 0.6 is 0 Å². The van der Waals surface area contributed by atoms with E-state index in [9.17, 15) is 9.90 Å². The largest absolute Gasteiger partial charge is 0.436 e. The Morgan fingerprint density at radius 3 is 2.40 bits per heavy atom. The van der Waals surface area contributed by atoms with Crippen LogP contribution in [0.25, 0.3) is 0 Å². The van der Waals surface area contributed by atoms with Crippen LogP contribution in [0.15, 0.2) is 60.7 Å². The van der Waals surface area contributed by atoms with Gasteiger partial charge in [-0.15, -0.1) is 0 Å². The molecule has 2 heterocycles. The molecule has 4 rings (SSSR count). The zero-order valence-electron chi connectivity index (χ0n) is 13.9. The second kappa shape index (κ2) is 6.50. The summed E-state index contributed by atoms with van der Waals surface area (Å²) in [5.74, 6) is 0. The van der Waals surface area contributed by atoms with Gasteiger partial charge in [-0.1, -0.05) is 60.7 Å². The molecule has 2 aromatic carbocycles. The summed E-state index contributed by atoms with van der Waals surface area (Å²) in [7, 11) is 0. The molecule has 5 nitrogen and oxygen atoms in total. The smallest absolute Gasteiger partial charge is 0.413 e. The third-order valence-corrected chi connectivity index (χ3v) is 4.93. The standard InChI is InChI=1S/C20H21NO4/c22-19-21(14-17-12-7-13-24-17)20(23,16-10-5-2-6-11-16)18(25-19)15-8-3-1-4-9-15/h1-6,8-11,17-18,23H,7,12-14H2/t17-,18-,20-/m0/s1. The molecule has 2 aromatic rings. The highest BCUT2D eigenvalue weighted by molar-refractivity contribution is 5.72. The molecule has 0 bridgehead atoms. The molecule has 2 saturated heterocycles. The number of aliphatic hydroxyl groups is 1. The summed E-state index contributed by atoms with van der Waals surface area (Å²) >= 11 is 0. The quantitative estimate of drug-likeness (QED) is 0.929. The number of hydrogen-bond acceptors (Lipinski definition) is 4. The number of hydrogen-bond donors (Lipinski definition) is 1. The van der Waals surface area contributed by atoms with Crippen molar-refractivity contribution in [2.24, 2.45) is 0 Å². The normalized spacial score (nSPS) is 29.0. The molecule has 25 heavy (non-hydrogen) atoms. The number of carbonyl (C=O) groups is 1. The highest BCUT2D eigenvalue weighted by Gasteiger charge is 2.56. The molecule has 3 atom stereocenters. The van der Waals surface area contributed by atoms with Gasteiger partial charge in [0.15, 0.2) is 6.10 Å². The Labute approximate surface area is 146 Å². The lowest BCUT2D eigenvalue weighted by Crippen LogP contribution is -2.48. The summed E-state index contributed by atoms with van der Waals surface area (Å²) in [6, 6.07) is 18.6. The zero-order valence-corrected chi connectivity index (χ0v) is 13.9. The Hall–Kier alpha value is -2.37. The molecular formula is C20H21NO4. The van der Waals surface area contributed by atoms with Gasteiger partial charge in [0, 0.05) is 12.2 Å². The third-order valence-electron chi connectivity index (χ3n) is 4.93. The van der Waals surface area contributed by atoms with Gasteiger partial charge in [-0.3, -0.25) is 4.90 Å². The molecule has 1 amide bonds. The van der Waals surface area contributed by atoms with Gasteiger partial charge in [-0.2, -0.15) is 0 Å². The van der Waals surface area contributed by atoms with Crippen molar-refractivity contribution in [3.05, 3.63) is 71.8 Å². The maximum atomic E-state index is 12.6. The van der Waals surface area contributed by atoms with Gasteiger partial charge in [0.05, 0.1) is 12.6 Å². The zero-order chi connectivity index (χ0) is 17.3. The first-order chi connectivity index (χ1) is 12.2. The van der Waals surface area contributed by atoms with Crippen molar-refractivity contribution in [2.75, 3.05) is 13.2 Å². The number of benzene rings is 2. The summed E-state index contributed by atoms with van der Waals surface area (Å²) < 4.78 is 11.3. The van der Waals surface area contributed by atoms with Crippen LogP contribution in [0.1, 0.15) is 30.1 Å². The van der Waals surface area contributed by atoms with Crippen LogP contribution in [-0.4, -0.2) is 35.4 Å². The van der Waals surface area contributed by atoms with E-state index in [4.69, 9.17) is 9.47 Å². The van der Waals surface area contributed by atoms with Crippen molar-refractivity contribution in [3.8, 4) is 0 Å². The van der Waals surface area contributed by atoms with Gasteiger partial charge in [0.2, 0.25) is 5.72 Å². The van der Waals surface area contributed by atoms with E-state index < -0.39 is 17.9 Å². The van der Waals surface area contributed by atoms with E-state index in [1.165, 1.54) is 4.90 Å². The number of ether oxygens (including phenoxy) is 2. The monoisotopic (exact) mass is 339 g/mol. The minimum absolute atomic E-state index is 0.0719. The number of rotatable bonds is 4. The van der Waals surface area contributed by atoms with Crippen molar-refractivity contribution < 1.29 is 19.4 Å². The lowest BCUT2D eigenvalue weighted by Gasteiger charge is -2.35. The first kappa shape index (κ1) is 16.1. The van der Waals surface area contributed by atoms with E-state index in [0.29, 0.717) is 18.7 Å². The van der Waals surface area contributed by atoms with Crippen molar-refractivity contribution in [3.63, 3.8) is 0 Å². The van der Waals surface area contributed by atoms with Gasteiger partial charge >= 0.3 is 6.09 Å². The van der Waals surface area contributed by atoms with Gasteiger partial charge in [-0.25, -0.2) is 4.79 Å².